The third-order valence-electron chi connectivity index (χ3n) is 2.20. The van der Waals surface area contributed by atoms with Crippen LogP contribution in [0, 0.1) is 0 Å². The Morgan fingerprint density at radius 2 is 1.82 bits per heavy atom. The number of aliphatic carboxylic acids is 1. The molecule has 0 amide bonds. The molecule has 0 fully saturated rings. The molecule has 94 valence electrons. The fourth-order valence-corrected chi connectivity index (χ4v) is 1.87. The van der Waals surface area contributed by atoms with Gasteiger partial charge in [0, 0.05) is 12.7 Å². The number of rotatable bonds is 4. The molecule has 1 atom stereocenters. The van der Waals surface area contributed by atoms with E-state index >= 15 is 0 Å². The highest BCUT2D eigenvalue weighted by atomic mass is 32.2. The number of hydrogen-bond donors (Lipinski definition) is 3. The lowest BCUT2D eigenvalue weighted by molar-refractivity contribution is -0.157. The molecule has 6 nitrogen and oxygen atoms in total. The van der Waals surface area contributed by atoms with Crippen LogP contribution in [0.4, 0.5) is 0 Å². The number of sulfone groups is 1. The van der Waals surface area contributed by atoms with Gasteiger partial charge in [0.05, 0.1) is 4.90 Å². The summed E-state index contributed by atoms with van der Waals surface area (Å²) in [4.78, 5) is 10.7. The average Bonchev–Trinajstić information content (AvgIpc) is 2.16. The maximum Gasteiger partial charge on any atom is 0.351 e. The standard InChI is InChI=1S/C10H13NO5S/c1-17(15,16)8-4-2-7(3-5-8)6-10(11,14)9(12)13/h2-5,14H,6,11H2,1H3,(H,12,13). The van der Waals surface area contributed by atoms with Gasteiger partial charge >= 0.3 is 5.97 Å². The van der Waals surface area contributed by atoms with Crippen LogP contribution in [0.5, 0.6) is 0 Å². The molecule has 17 heavy (non-hydrogen) atoms. The van der Waals surface area contributed by atoms with Crippen LogP contribution in [-0.2, 0) is 21.1 Å². The molecule has 7 heteroatoms. The first-order valence-corrected chi connectivity index (χ1v) is 6.56. The average molecular weight is 259 g/mol. The summed E-state index contributed by atoms with van der Waals surface area (Å²) in [5, 5.41) is 17.9. The van der Waals surface area contributed by atoms with E-state index in [1.54, 1.807) is 0 Å². The molecule has 0 spiro atoms. The number of carbonyl (C=O) groups is 1. The highest BCUT2D eigenvalue weighted by Gasteiger charge is 2.30. The number of nitrogens with two attached hydrogens (primary N) is 1. The summed E-state index contributed by atoms with van der Waals surface area (Å²) in [7, 11) is -3.29. The summed E-state index contributed by atoms with van der Waals surface area (Å²) in [6.07, 6.45) is 0.769. The zero-order valence-electron chi connectivity index (χ0n) is 9.12. The molecule has 1 rings (SSSR count). The lowest BCUT2D eigenvalue weighted by atomic mass is 10.0. The predicted molar refractivity (Wildman–Crippen MR) is 60.0 cm³/mol. The second-order valence-corrected chi connectivity index (χ2v) is 5.84. The molecule has 0 saturated carbocycles. The molecular weight excluding hydrogens is 246 g/mol. The van der Waals surface area contributed by atoms with E-state index in [0.29, 0.717) is 5.56 Å². The van der Waals surface area contributed by atoms with Crippen molar-refractivity contribution >= 4 is 15.8 Å². The third kappa shape index (κ3) is 3.52. The number of carboxylic acids is 1. The highest BCUT2D eigenvalue weighted by Crippen LogP contribution is 2.13. The second-order valence-electron chi connectivity index (χ2n) is 3.82. The van der Waals surface area contributed by atoms with Gasteiger partial charge in [0.1, 0.15) is 0 Å². The molecule has 0 radical (unpaired) electrons. The lowest BCUT2D eigenvalue weighted by Gasteiger charge is -2.17. The Morgan fingerprint density at radius 1 is 1.35 bits per heavy atom. The van der Waals surface area contributed by atoms with Crippen molar-refractivity contribution in [2.75, 3.05) is 6.26 Å². The minimum Gasteiger partial charge on any atom is -0.478 e. The molecule has 1 unspecified atom stereocenters. The van der Waals surface area contributed by atoms with Crippen molar-refractivity contribution in [1.29, 1.82) is 0 Å². The summed E-state index contributed by atoms with van der Waals surface area (Å²) in [6, 6.07) is 5.50. The highest BCUT2D eigenvalue weighted by molar-refractivity contribution is 7.90. The van der Waals surface area contributed by atoms with Crippen molar-refractivity contribution in [2.24, 2.45) is 5.73 Å². The van der Waals surface area contributed by atoms with Crippen molar-refractivity contribution < 1.29 is 23.4 Å². The monoisotopic (exact) mass is 259 g/mol. The van der Waals surface area contributed by atoms with E-state index in [-0.39, 0.29) is 11.3 Å². The van der Waals surface area contributed by atoms with Gasteiger partial charge in [-0.25, -0.2) is 13.2 Å². The largest absolute Gasteiger partial charge is 0.478 e. The Kier molecular flexibility index (Phi) is 3.56. The zero-order valence-corrected chi connectivity index (χ0v) is 9.94. The van der Waals surface area contributed by atoms with Crippen LogP contribution < -0.4 is 5.73 Å². The van der Waals surface area contributed by atoms with Crippen molar-refractivity contribution in [2.45, 2.75) is 17.0 Å². The second kappa shape index (κ2) is 4.44. The number of hydrogen-bond acceptors (Lipinski definition) is 5. The predicted octanol–water partition coefficient (Wildman–Crippen LogP) is -0.635. The first-order valence-electron chi connectivity index (χ1n) is 4.66. The molecule has 0 bridgehead atoms. The Labute approximate surface area is 98.6 Å². The minimum atomic E-state index is -3.29. The van der Waals surface area contributed by atoms with Crippen LogP contribution in [-0.4, -0.2) is 36.6 Å². The molecule has 0 saturated heterocycles. The molecule has 4 N–H and O–H groups in total. The van der Waals surface area contributed by atoms with E-state index in [9.17, 15) is 18.3 Å². The van der Waals surface area contributed by atoms with E-state index in [2.05, 4.69) is 0 Å². The Bertz CT molecular complexity index is 518. The molecule has 0 aromatic heterocycles. The van der Waals surface area contributed by atoms with E-state index in [1.165, 1.54) is 24.3 Å². The van der Waals surface area contributed by atoms with Gasteiger partial charge in [-0.3, -0.25) is 5.73 Å². The van der Waals surface area contributed by atoms with Crippen molar-refractivity contribution in [3.8, 4) is 0 Å². The van der Waals surface area contributed by atoms with Crippen LogP contribution in [0.1, 0.15) is 5.56 Å². The van der Waals surface area contributed by atoms with Crippen molar-refractivity contribution in [3.05, 3.63) is 29.8 Å². The van der Waals surface area contributed by atoms with Gasteiger partial charge in [-0.1, -0.05) is 12.1 Å². The molecule has 0 heterocycles. The normalized spacial score (nSPS) is 15.2. The fraction of sp³-hybridized carbons (Fsp3) is 0.300. The summed E-state index contributed by atoms with van der Waals surface area (Å²) in [5.74, 6) is -1.54. The summed E-state index contributed by atoms with van der Waals surface area (Å²) >= 11 is 0. The van der Waals surface area contributed by atoms with Gasteiger partial charge in [-0.05, 0) is 17.7 Å². The van der Waals surface area contributed by atoms with Gasteiger partial charge in [-0.15, -0.1) is 0 Å². The van der Waals surface area contributed by atoms with E-state index in [1.807, 2.05) is 0 Å². The van der Waals surface area contributed by atoms with Gasteiger partial charge in [0.2, 0.25) is 5.72 Å². The lowest BCUT2D eigenvalue weighted by Crippen LogP contribution is -2.49. The summed E-state index contributed by atoms with van der Waals surface area (Å²) in [6.45, 7) is 0. The SMILES string of the molecule is CS(=O)(=O)c1ccc(CC(N)(O)C(=O)O)cc1. The van der Waals surface area contributed by atoms with Gasteiger partial charge in [0.25, 0.3) is 0 Å². The number of carboxylic acid groups (broad SMARTS) is 1. The Hall–Kier alpha value is -1.44. The molecular formula is C10H13NO5S. The number of aliphatic hydroxyl groups is 1. The van der Waals surface area contributed by atoms with Crippen LogP contribution in [0.2, 0.25) is 0 Å². The van der Waals surface area contributed by atoms with E-state index in [0.717, 1.165) is 6.26 Å². The maximum absolute atomic E-state index is 11.2. The molecule has 0 aliphatic rings. The Morgan fingerprint density at radius 3 is 2.18 bits per heavy atom. The van der Waals surface area contributed by atoms with Crippen LogP contribution in [0.3, 0.4) is 0 Å². The Balaban J connectivity index is 2.94. The topological polar surface area (TPSA) is 118 Å². The minimum absolute atomic E-state index is 0.122. The smallest absolute Gasteiger partial charge is 0.351 e. The maximum atomic E-state index is 11.2. The fourth-order valence-electron chi connectivity index (χ4n) is 1.24. The quantitative estimate of drug-likeness (QED) is 0.619. The zero-order chi connectivity index (χ0) is 13.3. The van der Waals surface area contributed by atoms with Crippen LogP contribution in [0.25, 0.3) is 0 Å². The first kappa shape index (κ1) is 13.6. The number of benzene rings is 1. The summed E-state index contributed by atoms with van der Waals surface area (Å²) in [5.41, 5.74) is 3.23. The van der Waals surface area contributed by atoms with E-state index in [4.69, 9.17) is 10.8 Å². The summed E-state index contributed by atoms with van der Waals surface area (Å²) < 4.78 is 22.3. The van der Waals surface area contributed by atoms with Gasteiger partial charge in [0.15, 0.2) is 9.84 Å². The molecule has 1 aromatic carbocycles. The molecule has 1 aromatic rings. The van der Waals surface area contributed by atoms with Gasteiger partial charge < -0.3 is 10.2 Å². The molecule has 0 aliphatic carbocycles. The van der Waals surface area contributed by atoms with Crippen molar-refractivity contribution in [3.63, 3.8) is 0 Å². The first-order chi connectivity index (χ1) is 7.63. The van der Waals surface area contributed by atoms with Crippen molar-refractivity contribution in [1.82, 2.24) is 0 Å². The molecule has 0 aliphatic heterocycles. The van der Waals surface area contributed by atoms with E-state index < -0.39 is 21.5 Å². The van der Waals surface area contributed by atoms with Crippen LogP contribution >= 0.6 is 0 Å². The third-order valence-corrected chi connectivity index (χ3v) is 3.32. The van der Waals surface area contributed by atoms with Gasteiger partial charge in [-0.2, -0.15) is 0 Å². The van der Waals surface area contributed by atoms with Crippen LogP contribution in [0.15, 0.2) is 29.2 Å².